The SMILES string of the molecule is NC(=S)c1ccc(NCCC(=O)N2CCCC2)c(Cl)c1. The Bertz CT molecular complexity index is 515. The highest BCUT2D eigenvalue weighted by Crippen LogP contribution is 2.23. The number of nitrogens with two attached hydrogens (primary N) is 1. The summed E-state index contributed by atoms with van der Waals surface area (Å²) in [4.78, 5) is 14.1. The molecule has 0 aliphatic carbocycles. The fraction of sp³-hybridized carbons (Fsp3) is 0.429. The van der Waals surface area contributed by atoms with Crippen molar-refractivity contribution in [3.8, 4) is 0 Å². The summed E-state index contributed by atoms with van der Waals surface area (Å²) >= 11 is 11.0. The molecule has 1 heterocycles. The van der Waals surface area contributed by atoms with E-state index in [1.54, 1.807) is 6.07 Å². The molecule has 4 nitrogen and oxygen atoms in total. The minimum absolute atomic E-state index is 0.200. The van der Waals surface area contributed by atoms with Gasteiger partial charge in [0, 0.05) is 31.6 Å². The molecule has 0 atom stereocenters. The van der Waals surface area contributed by atoms with E-state index in [1.807, 2.05) is 17.0 Å². The summed E-state index contributed by atoms with van der Waals surface area (Å²) in [7, 11) is 0. The van der Waals surface area contributed by atoms with E-state index in [-0.39, 0.29) is 5.91 Å². The van der Waals surface area contributed by atoms with Crippen LogP contribution in [0.25, 0.3) is 0 Å². The van der Waals surface area contributed by atoms with Gasteiger partial charge in [-0.05, 0) is 31.0 Å². The van der Waals surface area contributed by atoms with Gasteiger partial charge in [0.2, 0.25) is 5.91 Å². The Morgan fingerprint density at radius 3 is 2.70 bits per heavy atom. The quantitative estimate of drug-likeness (QED) is 0.820. The van der Waals surface area contributed by atoms with Gasteiger partial charge in [0.15, 0.2) is 0 Å². The van der Waals surface area contributed by atoms with Crippen molar-refractivity contribution in [1.82, 2.24) is 4.90 Å². The lowest BCUT2D eigenvalue weighted by molar-refractivity contribution is -0.129. The standard InChI is InChI=1S/C14H18ClN3OS/c15-11-9-10(14(16)20)3-4-12(11)17-6-5-13(19)18-7-1-2-8-18/h3-4,9,17H,1-2,5-8H2,(H2,16,20). The lowest BCUT2D eigenvalue weighted by Crippen LogP contribution is -2.29. The normalized spacial score (nSPS) is 14.3. The summed E-state index contributed by atoms with van der Waals surface area (Å²) in [5.74, 6) is 0.200. The van der Waals surface area contributed by atoms with Crippen molar-refractivity contribution in [2.45, 2.75) is 19.3 Å². The van der Waals surface area contributed by atoms with Crippen LogP contribution in [0.4, 0.5) is 5.69 Å². The van der Waals surface area contributed by atoms with E-state index in [4.69, 9.17) is 29.6 Å². The van der Waals surface area contributed by atoms with Crippen LogP contribution >= 0.6 is 23.8 Å². The van der Waals surface area contributed by atoms with E-state index in [2.05, 4.69) is 5.32 Å². The number of hydrogen-bond acceptors (Lipinski definition) is 3. The highest BCUT2D eigenvalue weighted by molar-refractivity contribution is 7.80. The number of rotatable bonds is 5. The molecular weight excluding hydrogens is 294 g/mol. The van der Waals surface area contributed by atoms with Crippen LogP contribution in [-0.2, 0) is 4.79 Å². The lowest BCUT2D eigenvalue weighted by atomic mass is 10.2. The molecule has 1 aromatic carbocycles. The second-order valence-electron chi connectivity index (χ2n) is 4.82. The minimum Gasteiger partial charge on any atom is -0.389 e. The van der Waals surface area contributed by atoms with Crippen LogP contribution in [0.15, 0.2) is 18.2 Å². The monoisotopic (exact) mass is 311 g/mol. The predicted molar refractivity (Wildman–Crippen MR) is 86.3 cm³/mol. The first kappa shape index (κ1) is 15.1. The maximum Gasteiger partial charge on any atom is 0.224 e. The van der Waals surface area contributed by atoms with Crippen molar-refractivity contribution in [2.24, 2.45) is 5.73 Å². The Balaban J connectivity index is 1.84. The molecular formula is C14H18ClN3OS. The first-order chi connectivity index (χ1) is 9.58. The molecule has 1 aliphatic rings. The maximum absolute atomic E-state index is 11.9. The topological polar surface area (TPSA) is 58.4 Å². The second-order valence-corrected chi connectivity index (χ2v) is 5.67. The van der Waals surface area contributed by atoms with Crippen LogP contribution in [0.1, 0.15) is 24.8 Å². The van der Waals surface area contributed by atoms with E-state index >= 15 is 0 Å². The fourth-order valence-corrected chi connectivity index (χ4v) is 2.61. The predicted octanol–water partition coefficient (Wildman–Crippen LogP) is 2.40. The van der Waals surface area contributed by atoms with Gasteiger partial charge >= 0.3 is 0 Å². The van der Waals surface area contributed by atoms with Crippen LogP contribution < -0.4 is 11.1 Å². The molecule has 3 N–H and O–H groups in total. The Labute approximate surface area is 129 Å². The number of anilines is 1. The molecule has 0 unspecified atom stereocenters. The van der Waals surface area contributed by atoms with E-state index in [9.17, 15) is 4.79 Å². The van der Waals surface area contributed by atoms with Gasteiger partial charge in [-0.3, -0.25) is 4.79 Å². The molecule has 0 aromatic heterocycles. The maximum atomic E-state index is 11.9. The molecule has 1 fully saturated rings. The molecule has 0 spiro atoms. The third-order valence-electron chi connectivity index (χ3n) is 3.37. The molecule has 1 aromatic rings. The van der Waals surface area contributed by atoms with Gasteiger partial charge in [-0.2, -0.15) is 0 Å². The summed E-state index contributed by atoms with van der Waals surface area (Å²) in [5.41, 5.74) is 7.08. The van der Waals surface area contributed by atoms with Crippen molar-refractivity contribution >= 4 is 40.4 Å². The molecule has 1 saturated heterocycles. The number of amides is 1. The third-order valence-corrected chi connectivity index (χ3v) is 3.92. The van der Waals surface area contributed by atoms with Crippen molar-refractivity contribution in [3.63, 3.8) is 0 Å². The van der Waals surface area contributed by atoms with Crippen molar-refractivity contribution in [2.75, 3.05) is 25.0 Å². The number of nitrogens with zero attached hydrogens (tertiary/aromatic N) is 1. The molecule has 1 aliphatic heterocycles. The van der Waals surface area contributed by atoms with Crippen molar-refractivity contribution in [1.29, 1.82) is 0 Å². The van der Waals surface area contributed by atoms with Gasteiger partial charge in [0.25, 0.3) is 0 Å². The summed E-state index contributed by atoms with van der Waals surface area (Å²) in [6.45, 7) is 2.35. The molecule has 20 heavy (non-hydrogen) atoms. The van der Waals surface area contributed by atoms with E-state index < -0.39 is 0 Å². The molecule has 1 amide bonds. The highest BCUT2D eigenvalue weighted by Gasteiger charge is 2.17. The van der Waals surface area contributed by atoms with Crippen molar-refractivity contribution in [3.05, 3.63) is 28.8 Å². The summed E-state index contributed by atoms with van der Waals surface area (Å²) in [6, 6.07) is 5.38. The largest absolute Gasteiger partial charge is 0.389 e. The fourth-order valence-electron chi connectivity index (χ4n) is 2.24. The zero-order valence-electron chi connectivity index (χ0n) is 11.2. The number of hydrogen-bond donors (Lipinski definition) is 2. The number of benzene rings is 1. The summed E-state index contributed by atoms with van der Waals surface area (Å²) in [5, 5.41) is 3.73. The molecule has 6 heteroatoms. The zero-order chi connectivity index (χ0) is 14.5. The molecule has 0 saturated carbocycles. The van der Waals surface area contributed by atoms with Gasteiger partial charge in [-0.25, -0.2) is 0 Å². The van der Waals surface area contributed by atoms with Crippen molar-refractivity contribution < 1.29 is 4.79 Å². The number of likely N-dealkylation sites (tertiary alicyclic amines) is 1. The Morgan fingerprint density at radius 2 is 2.10 bits per heavy atom. The van der Waals surface area contributed by atoms with E-state index in [0.717, 1.165) is 37.2 Å². The van der Waals surface area contributed by atoms with Gasteiger partial charge in [0.05, 0.1) is 10.7 Å². The number of halogens is 1. The molecule has 2 rings (SSSR count). The zero-order valence-corrected chi connectivity index (χ0v) is 12.8. The average Bonchev–Trinajstić information content (AvgIpc) is 2.94. The van der Waals surface area contributed by atoms with Crippen LogP contribution in [0.5, 0.6) is 0 Å². The van der Waals surface area contributed by atoms with Crippen LogP contribution in [0, 0.1) is 0 Å². The van der Waals surface area contributed by atoms with Gasteiger partial charge in [-0.15, -0.1) is 0 Å². The first-order valence-electron chi connectivity index (χ1n) is 6.69. The molecule has 108 valence electrons. The average molecular weight is 312 g/mol. The Kier molecular flexibility index (Phi) is 5.20. The molecule has 0 radical (unpaired) electrons. The Morgan fingerprint density at radius 1 is 1.40 bits per heavy atom. The third kappa shape index (κ3) is 3.84. The van der Waals surface area contributed by atoms with Gasteiger partial charge < -0.3 is 16.0 Å². The number of nitrogens with one attached hydrogen (secondary N) is 1. The number of thiocarbonyl (C=S) groups is 1. The van der Waals surface area contributed by atoms with Gasteiger partial charge in [-0.1, -0.05) is 23.8 Å². The lowest BCUT2D eigenvalue weighted by Gasteiger charge is -2.16. The van der Waals surface area contributed by atoms with Crippen LogP contribution in [0.3, 0.4) is 0 Å². The van der Waals surface area contributed by atoms with Gasteiger partial charge in [0.1, 0.15) is 4.99 Å². The molecule has 0 bridgehead atoms. The number of carbonyl (C=O) groups excluding carboxylic acids is 1. The van der Waals surface area contributed by atoms with E-state index in [1.165, 1.54) is 0 Å². The first-order valence-corrected chi connectivity index (χ1v) is 7.47. The second kappa shape index (κ2) is 6.90. The van der Waals surface area contributed by atoms with E-state index in [0.29, 0.717) is 23.0 Å². The highest BCUT2D eigenvalue weighted by atomic mass is 35.5. The van der Waals surface area contributed by atoms with Crippen LogP contribution in [0.2, 0.25) is 5.02 Å². The number of carbonyl (C=O) groups is 1. The smallest absolute Gasteiger partial charge is 0.224 e. The minimum atomic E-state index is 0.200. The Hall–Kier alpha value is -1.33. The summed E-state index contributed by atoms with van der Waals surface area (Å²) < 4.78 is 0. The van der Waals surface area contributed by atoms with Crippen LogP contribution in [-0.4, -0.2) is 35.4 Å². The summed E-state index contributed by atoms with van der Waals surface area (Å²) in [6.07, 6.45) is 2.71.